The number of sulfonamides is 1. The largest absolute Gasteiger partial charge is 0.352 e. The number of halogens is 1. The van der Waals surface area contributed by atoms with Crippen molar-refractivity contribution in [2.24, 2.45) is 0 Å². The first-order valence-corrected chi connectivity index (χ1v) is 15.4. The lowest BCUT2D eigenvalue weighted by atomic mass is 10.1. The molecule has 3 aromatic rings. The van der Waals surface area contributed by atoms with Crippen LogP contribution in [0.2, 0.25) is 0 Å². The van der Waals surface area contributed by atoms with E-state index in [0.29, 0.717) is 11.3 Å². The van der Waals surface area contributed by atoms with Crippen LogP contribution in [0.5, 0.6) is 0 Å². The molecule has 0 spiro atoms. The number of benzene rings is 3. The third-order valence-corrected chi connectivity index (χ3v) is 9.64. The van der Waals surface area contributed by atoms with Crippen LogP contribution in [0.1, 0.15) is 54.9 Å². The van der Waals surface area contributed by atoms with Crippen LogP contribution in [0, 0.1) is 26.6 Å². The van der Waals surface area contributed by atoms with Crippen molar-refractivity contribution in [3.8, 4) is 0 Å². The molecular formula is C32H38FN3O4S. The van der Waals surface area contributed by atoms with Gasteiger partial charge < -0.3 is 10.2 Å². The molecule has 1 N–H and O–H groups in total. The van der Waals surface area contributed by atoms with Crippen LogP contribution in [-0.4, -0.2) is 43.8 Å². The van der Waals surface area contributed by atoms with E-state index in [2.05, 4.69) is 5.32 Å². The minimum atomic E-state index is -4.15. The van der Waals surface area contributed by atoms with E-state index in [-0.39, 0.29) is 23.4 Å². The number of amides is 2. The van der Waals surface area contributed by atoms with Crippen molar-refractivity contribution in [2.45, 2.75) is 76.9 Å². The van der Waals surface area contributed by atoms with E-state index >= 15 is 0 Å². The van der Waals surface area contributed by atoms with E-state index in [1.807, 2.05) is 26.8 Å². The van der Waals surface area contributed by atoms with Crippen LogP contribution in [0.4, 0.5) is 10.1 Å². The molecule has 1 aliphatic rings. The molecule has 0 aliphatic heterocycles. The number of nitrogens with zero attached hydrogens (tertiary/aromatic N) is 2. The third-order valence-electron chi connectivity index (χ3n) is 7.87. The standard InChI is InChI=1S/C32H38FN3O4S/c1-22-12-18-29(19-13-22)41(39,40)36(30-11-7-8-23(2)24(30)3)21-31(37)35(20-26-14-16-27(33)17-15-26)25(4)32(38)34-28-9-5-6-10-28/h7-8,11-19,25,28H,5-6,9-10,20-21H2,1-4H3,(H,34,38)/t25-/m1/s1. The molecule has 0 aromatic heterocycles. The van der Waals surface area contributed by atoms with Gasteiger partial charge in [-0.2, -0.15) is 0 Å². The van der Waals surface area contributed by atoms with Crippen LogP contribution < -0.4 is 9.62 Å². The molecule has 0 unspecified atom stereocenters. The third kappa shape index (κ3) is 7.14. The quantitative estimate of drug-likeness (QED) is 0.348. The maximum atomic E-state index is 14.1. The molecule has 0 saturated heterocycles. The predicted molar refractivity (Wildman–Crippen MR) is 158 cm³/mol. The van der Waals surface area contributed by atoms with Crippen molar-refractivity contribution in [2.75, 3.05) is 10.8 Å². The van der Waals surface area contributed by atoms with Gasteiger partial charge in [-0.1, -0.05) is 54.8 Å². The van der Waals surface area contributed by atoms with Gasteiger partial charge in [0.25, 0.3) is 10.0 Å². The zero-order chi connectivity index (χ0) is 29.7. The van der Waals surface area contributed by atoms with Crippen molar-refractivity contribution < 1.29 is 22.4 Å². The maximum absolute atomic E-state index is 14.1. The molecule has 218 valence electrons. The number of carbonyl (C=O) groups is 2. The van der Waals surface area contributed by atoms with Crippen LogP contribution in [0.25, 0.3) is 0 Å². The van der Waals surface area contributed by atoms with Gasteiger partial charge in [0.1, 0.15) is 18.4 Å². The lowest BCUT2D eigenvalue weighted by Gasteiger charge is -2.33. The van der Waals surface area contributed by atoms with E-state index in [4.69, 9.17) is 0 Å². The smallest absolute Gasteiger partial charge is 0.264 e. The zero-order valence-corrected chi connectivity index (χ0v) is 24.9. The van der Waals surface area contributed by atoms with Gasteiger partial charge in [0, 0.05) is 12.6 Å². The van der Waals surface area contributed by atoms with Gasteiger partial charge in [-0.3, -0.25) is 13.9 Å². The Kier molecular flexibility index (Phi) is 9.48. The highest BCUT2D eigenvalue weighted by Gasteiger charge is 2.34. The van der Waals surface area contributed by atoms with Crippen molar-refractivity contribution in [3.05, 3.63) is 94.8 Å². The molecule has 1 fully saturated rings. The van der Waals surface area contributed by atoms with Crippen LogP contribution in [0.3, 0.4) is 0 Å². The molecule has 7 nitrogen and oxygen atoms in total. The molecule has 0 radical (unpaired) electrons. The first-order chi connectivity index (χ1) is 19.5. The van der Waals surface area contributed by atoms with E-state index in [1.54, 1.807) is 43.3 Å². The summed E-state index contributed by atoms with van der Waals surface area (Å²) in [7, 11) is -4.15. The number of anilines is 1. The Hall–Kier alpha value is -3.72. The summed E-state index contributed by atoms with van der Waals surface area (Å²) in [6.45, 7) is 6.72. The van der Waals surface area contributed by atoms with Crippen molar-refractivity contribution in [1.29, 1.82) is 0 Å². The summed E-state index contributed by atoms with van der Waals surface area (Å²) in [6.07, 6.45) is 3.86. The summed E-state index contributed by atoms with van der Waals surface area (Å²) >= 11 is 0. The summed E-state index contributed by atoms with van der Waals surface area (Å²) in [5.74, 6) is -1.25. The van der Waals surface area contributed by atoms with Gasteiger partial charge in [0.05, 0.1) is 10.6 Å². The number of hydrogen-bond donors (Lipinski definition) is 1. The van der Waals surface area contributed by atoms with Gasteiger partial charge in [-0.25, -0.2) is 12.8 Å². The monoisotopic (exact) mass is 579 g/mol. The number of nitrogens with one attached hydrogen (secondary N) is 1. The van der Waals surface area contributed by atoms with Gasteiger partial charge in [-0.15, -0.1) is 0 Å². The second-order valence-corrected chi connectivity index (χ2v) is 12.7. The summed E-state index contributed by atoms with van der Waals surface area (Å²) in [4.78, 5) is 28.8. The average molecular weight is 580 g/mol. The van der Waals surface area contributed by atoms with Crippen molar-refractivity contribution >= 4 is 27.5 Å². The molecule has 3 aromatic carbocycles. The van der Waals surface area contributed by atoms with Crippen molar-refractivity contribution in [1.82, 2.24) is 10.2 Å². The molecule has 0 bridgehead atoms. The zero-order valence-electron chi connectivity index (χ0n) is 24.1. The lowest BCUT2D eigenvalue weighted by Crippen LogP contribution is -2.52. The molecule has 9 heteroatoms. The van der Waals surface area contributed by atoms with Crippen molar-refractivity contribution in [3.63, 3.8) is 0 Å². The molecule has 41 heavy (non-hydrogen) atoms. The Balaban J connectivity index is 1.71. The molecule has 1 atom stereocenters. The first-order valence-electron chi connectivity index (χ1n) is 14.0. The molecule has 1 aliphatic carbocycles. The molecular weight excluding hydrogens is 541 g/mol. The highest BCUT2D eigenvalue weighted by Crippen LogP contribution is 2.29. The second-order valence-electron chi connectivity index (χ2n) is 10.9. The molecule has 0 heterocycles. The molecule has 1 saturated carbocycles. The minimum absolute atomic E-state index is 0.0174. The second kappa shape index (κ2) is 12.9. The fourth-order valence-corrected chi connectivity index (χ4v) is 6.59. The Morgan fingerprint density at radius 1 is 0.951 bits per heavy atom. The summed E-state index contributed by atoms with van der Waals surface area (Å²) in [6, 6.07) is 16.7. The van der Waals surface area contributed by atoms with E-state index in [0.717, 1.165) is 46.7 Å². The Labute approximate surface area is 242 Å². The van der Waals surface area contributed by atoms with E-state index in [1.165, 1.54) is 29.2 Å². The fourth-order valence-electron chi connectivity index (χ4n) is 5.12. The first kappa shape index (κ1) is 30.2. The van der Waals surface area contributed by atoms with Gasteiger partial charge in [0.2, 0.25) is 11.8 Å². The average Bonchev–Trinajstić information content (AvgIpc) is 3.46. The van der Waals surface area contributed by atoms with Gasteiger partial charge in [-0.05, 0) is 87.6 Å². The minimum Gasteiger partial charge on any atom is -0.352 e. The number of carbonyl (C=O) groups excluding carboxylic acids is 2. The van der Waals surface area contributed by atoms with E-state index < -0.39 is 34.3 Å². The Bertz CT molecular complexity index is 1480. The van der Waals surface area contributed by atoms with E-state index in [9.17, 15) is 22.4 Å². The predicted octanol–water partition coefficient (Wildman–Crippen LogP) is 5.42. The maximum Gasteiger partial charge on any atom is 0.264 e. The van der Waals surface area contributed by atoms with Crippen LogP contribution >= 0.6 is 0 Å². The fraction of sp³-hybridized carbons (Fsp3) is 0.375. The topological polar surface area (TPSA) is 86.8 Å². The van der Waals surface area contributed by atoms with Gasteiger partial charge >= 0.3 is 0 Å². The highest BCUT2D eigenvalue weighted by molar-refractivity contribution is 7.92. The molecule has 4 rings (SSSR count). The Morgan fingerprint density at radius 2 is 1.59 bits per heavy atom. The number of rotatable bonds is 10. The lowest BCUT2D eigenvalue weighted by molar-refractivity contribution is -0.139. The summed E-state index contributed by atoms with van der Waals surface area (Å²) in [5, 5.41) is 3.05. The molecule has 2 amide bonds. The summed E-state index contributed by atoms with van der Waals surface area (Å²) in [5.41, 5.74) is 3.54. The normalized spacial score (nSPS) is 14.5. The SMILES string of the molecule is Cc1ccc(S(=O)(=O)N(CC(=O)N(Cc2ccc(F)cc2)[C@H](C)C(=O)NC2CCCC2)c2cccc(C)c2C)cc1. The van der Waals surface area contributed by atoms with Crippen LogP contribution in [-0.2, 0) is 26.2 Å². The number of hydrogen-bond acceptors (Lipinski definition) is 4. The van der Waals surface area contributed by atoms with Crippen LogP contribution in [0.15, 0.2) is 71.6 Å². The summed E-state index contributed by atoms with van der Waals surface area (Å²) < 4.78 is 42.8. The Morgan fingerprint density at radius 3 is 2.22 bits per heavy atom. The number of aryl methyl sites for hydroxylation is 2. The highest BCUT2D eigenvalue weighted by atomic mass is 32.2. The van der Waals surface area contributed by atoms with Gasteiger partial charge in [0.15, 0.2) is 0 Å².